The predicted octanol–water partition coefficient (Wildman–Crippen LogP) is 2.47. The summed E-state index contributed by atoms with van der Waals surface area (Å²) in [7, 11) is 3.58. The van der Waals surface area contributed by atoms with Crippen LogP contribution in [0.5, 0.6) is 0 Å². The molecule has 7 nitrogen and oxygen atoms in total. The van der Waals surface area contributed by atoms with Gasteiger partial charge in [-0.25, -0.2) is 0 Å². The van der Waals surface area contributed by atoms with Crippen LogP contribution in [0.15, 0.2) is 12.1 Å². The van der Waals surface area contributed by atoms with Crippen molar-refractivity contribution >= 4 is 23.2 Å². The fourth-order valence-corrected chi connectivity index (χ4v) is 3.24. The first-order valence-corrected chi connectivity index (χ1v) is 8.94. The Hall–Kier alpha value is -2.67. The van der Waals surface area contributed by atoms with Crippen LogP contribution in [0.3, 0.4) is 0 Å². The van der Waals surface area contributed by atoms with E-state index in [1.54, 1.807) is 16.6 Å². The Labute approximate surface area is 160 Å². The maximum atomic E-state index is 12.4. The fraction of sp³-hybridized carbons (Fsp3) is 0.450. The molecule has 1 aromatic heterocycles. The number of nitrogens with one attached hydrogen (secondary N) is 2. The largest absolute Gasteiger partial charge is 0.324 e. The Balaban J connectivity index is 1.92. The zero-order valence-electron chi connectivity index (χ0n) is 17.2. The average Bonchev–Trinajstić information content (AvgIpc) is 2.77. The van der Waals surface area contributed by atoms with Crippen molar-refractivity contribution in [2.24, 2.45) is 7.05 Å². The van der Waals surface area contributed by atoms with E-state index in [0.29, 0.717) is 0 Å². The third kappa shape index (κ3) is 5.17. The minimum Gasteiger partial charge on any atom is -0.324 e. The molecule has 0 unspecified atom stereocenters. The minimum atomic E-state index is -0.174. The standard InChI is InChI=1S/C20H29N5O2/c1-12-8-13(2)19(14(3)9-12)21-17(26)10-24(6)11-18(27)22-20-15(4)23-25(7)16(20)5/h8-9H,10-11H2,1-7H3,(H,21,26)(H,22,27). The Kier molecular flexibility index (Phi) is 6.38. The lowest BCUT2D eigenvalue weighted by atomic mass is 10.1. The number of hydrogen-bond donors (Lipinski definition) is 2. The van der Waals surface area contributed by atoms with Gasteiger partial charge in [0.2, 0.25) is 11.8 Å². The second-order valence-electron chi connectivity index (χ2n) is 7.21. The third-order valence-corrected chi connectivity index (χ3v) is 4.54. The molecule has 2 rings (SSSR count). The molecule has 0 aliphatic rings. The topological polar surface area (TPSA) is 79.3 Å². The number of carbonyl (C=O) groups is 2. The molecule has 7 heteroatoms. The van der Waals surface area contributed by atoms with Gasteiger partial charge in [0.1, 0.15) is 0 Å². The van der Waals surface area contributed by atoms with Crippen LogP contribution >= 0.6 is 0 Å². The van der Waals surface area contributed by atoms with E-state index in [1.165, 1.54) is 0 Å². The van der Waals surface area contributed by atoms with E-state index < -0.39 is 0 Å². The number of carbonyl (C=O) groups excluding carboxylic acids is 2. The molecule has 0 saturated heterocycles. The molecule has 1 heterocycles. The summed E-state index contributed by atoms with van der Waals surface area (Å²) in [5, 5.41) is 10.1. The molecule has 2 aromatic rings. The highest BCUT2D eigenvalue weighted by Crippen LogP contribution is 2.22. The van der Waals surface area contributed by atoms with Gasteiger partial charge in [-0.2, -0.15) is 5.10 Å². The van der Waals surface area contributed by atoms with Gasteiger partial charge in [0.25, 0.3) is 0 Å². The number of aryl methyl sites for hydroxylation is 5. The normalized spacial score (nSPS) is 11.0. The van der Waals surface area contributed by atoms with Crippen molar-refractivity contribution in [3.05, 3.63) is 40.2 Å². The highest BCUT2D eigenvalue weighted by Gasteiger charge is 2.16. The van der Waals surface area contributed by atoms with Gasteiger partial charge in [-0.3, -0.25) is 19.2 Å². The lowest BCUT2D eigenvalue weighted by molar-refractivity contribution is -0.119. The quantitative estimate of drug-likeness (QED) is 0.818. The summed E-state index contributed by atoms with van der Waals surface area (Å²) in [5.41, 5.74) is 6.46. The summed E-state index contributed by atoms with van der Waals surface area (Å²) >= 11 is 0. The molecule has 146 valence electrons. The Morgan fingerprint density at radius 3 is 1.89 bits per heavy atom. The van der Waals surface area contributed by atoms with Gasteiger partial charge in [-0.1, -0.05) is 17.7 Å². The molecular weight excluding hydrogens is 342 g/mol. The van der Waals surface area contributed by atoms with Crippen LogP contribution in [-0.2, 0) is 16.6 Å². The summed E-state index contributed by atoms with van der Waals surface area (Å²) in [6.07, 6.45) is 0. The van der Waals surface area contributed by atoms with Crippen LogP contribution in [0.25, 0.3) is 0 Å². The summed E-state index contributed by atoms with van der Waals surface area (Å²) in [6.45, 7) is 9.99. The number of hydrogen-bond acceptors (Lipinski definition) is 4. The maximum absolute atomic E-state index is 12.4. The molecule has 0 radical (unpaired) electrons. The number of anilines is 2. The molecule has 2 amide bonds. The van der Waals surface area contributed by atoms with E-state index >= 15 is 0 Å². The smallest absolute Gasteiger partial charge is 0.238 e. The van der Waals surface area contributed by atoms with Crippen molar-refractivity contribution in [2.75, 3.05) is 30.8 Å². The third-order valence-electron chi connectivity index (χ3n) is 4.54. The van der Waals surface area contributed by atoms with E-state index in [9.17, 15) is 9.59 Å². The number of nitrogens with zero attached hydrogens (tertiary/aromatic N) is 3. The van der Waals surface area contributed by atoms with Crippen LogP contribution < -0.4 is 10.6 Å². The molecule has 0 bridgehead atoms. The molecule has 0 fully saturated rings. The van der Waals surface area contributed by atoms with E-state index in [2.05, 4.69) is 15.7 Å². The van der Waals surface area contributed by atoms with Crippen molar-refractivity contribution in [3.8, 4) is 0 Å². The van der Waals surface area contributed by atoms with Gasteiger partial charge in [0.15, 0.2) is 0 Å². The highest BCUT2D eigenvalue weighted by atomic mass is 16.2. The van der Waals surface area contributed by atoms with Crippen LogP contribution in [0.2, 0.25) is 0 Å². The zero-order valence-corrected chi connectivity index (χ0v) is 17.2. The predicted molar refractivity (Wildman–Crippen MR) is 108 cm³/mol. The summed E-state index contributed by atoms with van der Waals surface area (Å²) in [6, 6.07) is 4.08. The van der Waals surface area contributed by atoms with Gasteiger partial charge < -0.3 is 10.6 Å². The van der Waals surface area contributed by atoms with Crippen LogP contribution in [0.4, 0.5) is 11.4 Å². The lowest BCUT2D eigenvalue weighted by Crippen LogP contribution is -2.36. The molecule has 1 aromatic carbocycles. The fourth-order valence-electron chi connectivity index (χ4n) is 3.24. The maximum Gasteiger partial charge on any atom is 0.238 e. The van der Waals surface area contributed by atoms with Crippen LogP contribution in [0, 0.1) is 34.6 Å². The SMILES string of the molecule is Cc1cc(C)c(NC(=O)CN(C)CC(=O)Nc2c(C)nn(C)c2C)c(C)c1. The molecule has 27 heavy (non-hydrogen) atoms. The van der Waals surface area contributed by atoms with Crippen molar-refractivity contribution in [3.63, 3.8) is 0 Å². The monoisotopic (exact) mass is 371 g/mol. The average molecular weight is 371 g/mol. The van der Waals surface area contributed by atoms with Gasteiger partial charge in [-0.05, 0) is 52.8 Å². The Morgan fingerprint density at radius 2 is 1.44 bits per heavy atom. The molecule has 0 saturated carbocycles. The zero-order chi connectivity index (χ0) is 20.3. The minimum absolute atomic E-state index is 0.118. The summed E-state index contributed by atoms with van der Waals surface area (Å²) < 4.78 is 1.73. The molecule has 0 aliphatic heterocycles. The molecule has 0 atom stereocenters. The molecular formula is C20H29N5O2. The second-order valence-corrected chi connectivity index (χ2v) is 7.21. The van der Waals surface area contributed by atoms with Crippen molar-refractivity contribution < 1.29 is 9.59 Å². The van der Waals surface area contributed by atoms with Gasteiger partial charge in [0, 0.05) is 12.7 Å². The van der Waals surface area contributed by atoms with Crippen molar-refractivity contribution in [1.29, 1.82) is 0 Å². The van der Waals surface area contributed by atoms with Crippen LogP contribution in [0.1, 0.15) is 28.1 Å². The summed E-state index contributed by atoms with van der Waals surface area (Å²) in [4.78, 5) is 26.4. The number of benzene rings is 1. The van der Waals surface area contributed by atoms with E-state index in [0.717, 1.165) is 39.5 Å². The number of rotatable bonds is 6. The van der Waals surface area contributed by atoms with Crippen molar-refractivity contribution in [2.45, 2.75) is 34.6 Å². The lowest BCUT2D eigenvalue weighted by Gasteiger charge is -2.18. The number of likely N-dealkylation sites (N-methyl/N-ethyl adjacent to an activating group) is 1. The van der Waals surface area contributed by atoms with E-state index in [1.807, 2.05) is 53.8 Å². The van der Waals surface area contributed by atoms with Crippen LogP contribution in [-0.4, -0.2) is 46.6 Å². The first-order chi connectivity index (χ1) is 12.6. The second kappa shape index (κ2) is 8.35. The molecule has 0 spiro atoms. The van der Waals surface area contributed by atoms with Gasteiger partial charge >= 0.3 is 0 Å². The molecule has 0 aliphatic carbocycles. The first kappa shape index (κ1) is 20.6. The van der Waals surface area contributed by atoms with E-state index in [-0.39, 0.29) is 24.9 Å². The van der Waals surface area contributed by atoms with Crippen molar-refractivity contribution in [1.82, 2.24) is 14.7 Å². The molecule has 2 N–H and O–H groups in total. The number of amides is 2. The summed E-state index contributed by atoms with van der Waals surface area (Å²) in [5.74, 6) is -0.318. The Morgan fingerprint density at radius 1 is 0.963 bits per heavy atom. The Bertz CT molecular complexity index is 846. The highest BCUT2D eigenvalue weighted by molar-refractivity contribution is 5.96. The van der Waals surface area contributed by atoms with Gasteiger partial charge in [-0.15, -0.1) is 0 Å². The van der Waals surface area contributed by atoms with E-state index in [4.69, 9.17) is 0 Å². The first-order valence-electron chi connectivity index (χ1n) is 8.94. The van der Waals surface area contributed by atoms with Gasteiger partial charge in [0.05, 0.1) is 30.2 Å². The number of aromatic nitrogens is 2.